The molecule has 0 aliphatic carbocycles. The third-order valence-electron chi connectivity index (χ3n) is 3.48. The summed E-state index contributed by atoms with van der Waals surface area (Å²) in [5.74, 6) is 0.916. The van der Waals surface area contributed by atoms with Gasteiger partial charge in [0.1, 0.15) is 11.9 Å². The molecule has 0 spiro atoms. The summed E-state index contributed by atoms with van der Waals surface area (Å²) in [5, 5.41) is 3.39. The lowest BCUT2D eigenvalue weighted by Gasteiger charge is -2.12. The Hall–Kier alpha value is -1.91. The number of aromatic nitrogens is 1. The predicted molar refractivity (Wildman–Crippen MR) is 81.1 cm³/mol. The largest absolute Gasteiger partial charge is 0.488 e. The van der Waals surface area contributed by atoms with Gasteiger partial charge in [-0.2, -0.15) is 0 Å². The number of hydrogen-bond acceptors (Lipinski definition) is 4. The SMILES string of the molecule is c1ccc(CNCc2ccc(O[C@H]3CCOC3)cc2)nc1. The first-order valence-electron chi connectivity index (χ1n) is 7.34. The summed E-state index contributed by atoms with van der Waals surface area (Å²) < 4.78 is 11.2. The Morgan fingerprint density at radius 2 is 2.05 bits per heavy atom. The van der Waals surface area contributed by atoms with E-state index in [4.69, 9.17) is 9.47 Å². The van der Waals surface area contributed by atoms with Crippen LogP contribution < -0.4 is 10.1 Å². The van der Waals surface area contributed by atoms with Crippen LogP contribution in [0.4, 0.5) is 0 Å². The topological polar surface area (TPSA) is 43.4 Å². The molecule has 0 radical (unpaired) electrons. The smallest absolute Gasteiger partial charge is 0.124 e. The summed E-state index contributed by atoms with van der Waals surface area (Å²) in [7, 11) is 0. The molecule has 21 heavy (non-hydrogen) atoms. The quantitative estimate of drug-likeness (QED) is 0.885. The molecule has 1 N–H and O–H groups in total. The monoisotopic (exact) mass is 284 g/mol. The second kappa shape index (κ2) is 7.20. The summed E-state index contributed by atoms with van der Waals surface area (Å²) in [6, 6.07) is 14.2. The molecule has 4 heteroatoms. The van der Waals surface area contributed by atoms with Crippen LogP contribution in [0.15, 0.2) is 48.7 Å². The van der Waals surface area contributed by atoms with Gasteiger partial charge in [-0.25, -0.2) is 0 Å². The molecule has 0 unspecified atom stereocenters. The predicted octanol–water partition coefficient (Wildman–Crippen LogP) is 2.54. The van der Waals surface area contributed by atoms with Gasteiger partial charge >= 0.3 is 0 Å². The number of hydrogen-bond donors (Lipinski definition) is 1. The van der Waals surface area contributed by atoms with E-state index in [9.17, 15) is 0 Å². The zero-order chi connectivity index (χ0) is 14.3. The Kier molecular flexibility index (Phi) is 4.82. The van der Waals surface area contributed by atoms with Gasteiger partial charge in [0.2, 0.25) is 0 Å². The third kappa shape index (κ3) is 4.28. The summed E-state index contributed by atoms with van der Waals surface area (Å²) in [5.41, 5.74) is 2.29. The van der Waals surface area contributed by atoms with Gasteiger partial charge < -0.3 is 14.8 Å². The lowest BCUT2D eigenvalue weighted by molar-refractivity contribution is 0.141. The minimum atomic E-state index is 0.207. The second-order valence-corrected chi connectivity index (χ2v) is 5.17. The number of nitrogens with zero attached hydrogens (tertiary/aromatic N) is 1. The minimum Gasteiger partial charge on any atom is -0.488 e. The van der Waals surface area contributed by atoms with Crippen LogP contribution in [0.5, 0.6) is 5.75 Å². The molecule has 4 nitrogen and oxygen atoms in total. The van der Waals surface area contributed by atoms with Crippen LogP contribution in [0.25, 0.3) is 0 Å². The van der Waals surface area contributed by atoms with Gasteiger partial charge in [-0.1, -0.05) is 18.2 Å². The molecule has 2 heterocycles. The van der Waals surface area contributed by atoms with E-state index in [-0.39, 0.29) is 6.10 Å². The van der Waals surface area contributed by atoms with Crippen molar-refractivity contribution in [3.63, 3.8) is 0 Å². The first-order valence-corrected chi connectivity index (χ1v) is 7.34. The van der Waals surface area contributed by atoms with E-state index in [2.05, 4.69) is 22.4 Å². The molecular weight excluding hydrogens is 264 g/mol. The summed E-state index contributed by atoms with van der Waals surface area (Å²) in [6.07, 6.45) is 3.00. The zero-order valence-corrected chi connectivity index (χ0v) is 12.0. The van der Waals surface area contributed by atoms with E-state index in [0.717, 1.165) is 37.6 Å². The molecular formula is C17H20N2O2. The van der Waals surface area contributed by atoms with Crippen molar-refractivity contribution in [1.82, 2.24) is 10.3 Å². The van der Waals surface area contributed by atoms with E-state index in [0.29, 0.717) is 6.61 Å². The van der Waals surface area contributed by atoms with Crippen LogP contribution in [0, 0.1) is 0 Å². The highest BCUT2D eigenvalue weighted by molar-refractivity contribution is 5.27. The fourth-order valence-electron chi connectivity index (χ4n) is 2.32. The summed E-state index contributed by atoms with van der Waals surface area (Å²) >= 11 is 0. The lowest BCUT2D eigenvalue weighted by Crippen LogP contribution is -2.16. The van der Waals surface area contributed by atoms with Gasteiger partial charge in [-0.3, -0.25) is 4.98 Å². The number of ether oxygens (including phenoxy) is 2. The van der Waals surface area contributed by atoms with Crippen molar-refractivity contribution in [3.05, 3.63) is 59.9 Å². The van der Waals surface area contributed by atoms with Crippen molar-refractivity contribution in [1.29, 1.82) is 0 Å². The van der Waals surface area contributed by atoms with Crippen molar-refractivity contribution < 1.29 is 9.47 Å². The Bertz CT molecular complexity index is 536. The van der Waals surface area contributed by atoms with E-state index < -0.39 is 0 Å². The highest BCUT2D eigenvalue weighted by Crippen LogP contribution is 2.17. The van der Waals surface area contributed by atoms with E-state index in [1.807, 2.05) is 36.5 Å². The van der Waals surface area contributed by atoms with Gasteiger partial charge in [0.25, 0.3) is 0 Å². The van der Waals surface area contributed by atoms with Gasteiger partial charge in [-0.05, 0) is 29.8 Å². The van der Waals surface area contributed by atoms with Crippen molar-refractivity contribution in [2.45, 2.75) is 25.6 Å². The maximum atomic E-state index is 5.85. The van der Waals surface area contributed by atoms with Crippen LogP contribution in [0.3, 0.4) is 0 Å². The van der Waals surface area contributed by atoms with Gasteiger partial charge in [0.15, 0.2) is 0 Å². The van der Waals surface area contributed by atoms with E-state index >= 15 is 0 Å². The van der Waals surface area contributed by atoms with Crippen LogP contribution in [-0.2, 0) is 17.8 Å². The van der Waals surface area contributed by atoms with Gasteiger partial charge in [-0.15, -0.1) is 0 Å². The van der Waals surface area contributed by atoms with Gasteiger partial charge in [0.05, 0.1) is 18.9 Å². The van der Waals surface area contributed by atoms with Crippen LogP contribution in [0.2, 0.25) is 0 Å². The van der Waals surface area contributed by atoms with Gasteiger partial charge in [0, 0.05) is 25.7 Å². The van der Waals surface area contributed by atoms with E-state index in [1.54, 1.807) is 0 Å². The molecule has 0 bridgehead atoms. The molecule has 1 saturated heterocycles. The number of rotatable bonds is 6. The molecule has 1 aromatic heterocycles. The second-order valence-electron chi connectivity index (χ2n) is 5.17. The highest BCUT2D eigenvalue weighted by atomic mass is 16.5. The standard InChI is InChI=1S/C17H20N2O2/c1-2-9-19-15(3-1)12-18-11-14-4-6-16(7-5-14)21-17-8-10-20-13-17/h1-7,9,17-18H,8,10-13H2/t17-/m0/s1. The summed E-state index contributed by atoms with van der Waals surface area (Å²) in [6.45, 7) is 3.11. The highest BCUT2D eigenvalue weighted by Gasteiger charge is 2.16. The molecule has 1 fully saturated rings. The Morgan fingerprint density at radius 3 is 2.76 bits per heavy atom. The van der Waals surface area contributed by atoms with Crippen LogP contribution >= 0.6 is 0 Å². The van der Waals surface area contributed by atoms with Crippen molar-refractivity contribution >= 4 is 0 Å². The molecule has 1 aliphatic heterocycles. The number of pyridine rings is 1. The zero-order valence-electron chi connectivity index (χ0n) is 12.0. The maximum absolute atomic E-state index is 5.85. The molecule has 0 saturated carbocycles. The van der Waals surface area contributed by atoms with E-state index in [1.165, 1.54) is 5.56 Å². The Labute approximate surface area is 125 Å². The first kappa shape index (κ1) is 14.0. The molecule has 1 atom stereocenters. The average Bonchev–Trinajstić information content (AvgIpc) is 3.03. The molecule has 3 rings (SSSR count). The lowest BCUT2D eigenvalue weighted by atomic mass is 10.2. The molecule has 0 amide bonds. The summed E-state index contributed by atoms with van der Waals surface area (Å²) in [4.78, 5) is 4.29. The number of nitrogens with one attached hydrogen (secondary N) is 1. The van der Waals surface area contributed by atoms with Crippen LogP contribution in [-0.4, -0.2) is 24.3 Å². The molecule has 2 aromatic rings. The maximum Gasteiger partial charge on any atom is 0.124 e. The third-order valence-corrected chi connectivity index (χ3v) is 3.48. The van der Waals surface area contributed by atoms with Crippen molar-refractivity contribution in [2.24, 2.45) is 0 Å². The minimum absolute atomic E-state index is 0.207. The average molecular weight is 284 g/mol. The molecule has 110 valence electrons. The van der Waals surface area contributed by atoms with Crippen molar-refractivity contribution in [3.8, 4) is 5.75 Å². The molecule has 1 aliphatic rings. The van der Waals surface area contributed by atoms with Crippen molar-refractivity contribution in [2.75, 3.05) is 13.2 Å². The Morgan fingerprint density at radius 1 is 1.14 bits per heavy atom. The fraction of sp³-hybridized carbons (Fsp3) is 0.353. The molecule has 1 aromatic carbocycles. The first-order chi connectivity index (χ1) is 10.4. The Balaban J connectivity index is 1.45. The normalized spacial score (nSPS) is 17.8. The fourth-order valence-corrected chi connectivity index (χ4v) is 2.32. The number of benzene rings is 1. The van der Waals surface area contributed by atoms with Crippen LogP contribution in [0.1, 0.15) is 17.7 Å².